The summed E-state index contributed by atoms with van der Waals surface area (Å²) in [5.41, 5.74) is 3.47. The highest BCUT2D eigenvalue weighted by molar-refractivity contribution is 5.82. The van der Waals surface area contributed by atoms with Crippen LogP contribution >= 0.6 is 0 Å². The third-order valence-corrected chi connectivity index (χ3v) is 3.96. The molecule has 1 heterocycles. The number of benzene rings is 3. The van der Waals surface area contributed by atoms with Gasteiger partial charge in [-0.15, -0.1) is 0 Å². The summed E-state index contributed by atoms with van der Waals surface area (Å²) in [4.78, 5) is 4.55. The van der Waals surface area contributed by atoms with Crippen LogP contribution < -0.4 is 0 Å². The van der Waals surface area contributed by atoms with Gasteiger partial charge in [0.15, 0.2) is 5.82 Å². The average Bonchev–Trinajstić information content (AvgIpc) is 3.12. The van der Waals surface area contributed by atoms with Crippen molar-refractivity contribution in [2.45, 2.75) is 0 Å². The molecular formula is C22H16FN3. The van der Waals surface area contributed by atoms with Crippen molar-refractivity contribution in [3.05, 3.63) is 102 Å². The van der Waals surface area contributed by atoms with Crippen molar-refractivity contribution in [3.63, 3.8) is 0 Å². The standard InChI is InChI=1S/C22H16FN3/c23-19-11-7-8-17(14-19)16-24-22-15-21(18-9-3-1-4-10-18)25-26(22)20-12-5-2-6-13-20/h1-16H. The molecule has 126 valence electrons. The third-order valence-electron chi connectivity index (χ3n) is 3.96. The molecule has 0 saturated carbocycles. The van der Waals surface area contributed by atoms with Gasteiger partial charge in [0.25, 0.3) is 0 Å². The van der Waals surface area contributed by atoms with E-state index in [9.17, 15) is 4.39 Å². The fourth-order valence-electron chi connectivity index (χ4n) is 2.70. The fraction of sp³-hybridized carbons (Fsp3) is 0. The van der Waals surface area contributed by atoms with E-state index in [0.29, 0.717) is 11.4 Å². The molecule has 0 N–H and O–H groups in total. The fourth-order valence-corrected chi connectivity index (χ4v) is 2.70. The van der Waals surface area contributed by atoms with E-state index in [1.54, 1.807) is 17.0 Å². The van der Waals surface area contributed by atoms with Gasteiger partial charge in [0, 0.05) is 17.8 Å². The molecule has 1 aromatic heterocycles. The van der Waals surface area contributed by atoms with E-state index in [0.717, 1.165) is 16.9 Å². The molecule has 0 bridgehead atoms. The molecule has 3 nitrogen and oxygen atoms in total. The molecule has 0 aliphatic carbocycles. The highest BCUT2D eigenvalue weighted by atomic mass is 19.1. The number of aliphatic imine (C=N–C) groups is 1. The molecule has 0 aliphatic rings. The van der Waals surface area contributed by atoms with E-state index < -0.39 is 0 Å². The molecule has 0 saturated heterocycles. The Morgan fingerprint density at radius 2 is 1.54 bits per heavy atom. The zero-order chi connectivity index (χ0) is 17.8. The average molecular weight is 341 g/mol. The maximum absolute atomic E-state index is 13.4. The van der Waals surface area contributed by atoms with Crippen molar-refractivity contribution in [2.24, 2.45) is 4.99 Å². The lowest BCUT2D eigenvalue weighted by molar-refractivity contribution is 0.627. The van der Waals surface area contributed by atoms with E-state index in [4.69, 9.17) is 5.10 Å². The highest BCUT2D eigenvalue weighted by Crippen LogP contribution is 2.26. The maximum Gasteiger partial charge on any atom is 0.156 e. The Morgan fingerprint density at radius 1 is 0.808 bits per heavy atom. The number of nitrogens with zero attached hydrogens (tertiary/aromatic N) is 3. The smallest absolute Gasteiger partial charge is 0.156 e. The normalized spacial score (nSPS) is 11.1. The van der Waals surface area contributed by atoms with Gasteiger partial charge < -0.3 is 0 Å². The molecule has 26 heavy (non-hydrogen) atoms. The lowest BCUT2D eigenvalue weighted by Gasteiger charge is -2.03. The van der Waals surface area contributed by atoms with Gasteiger partial charge in [-0.2, -0.15) is 5.10 Å². The molecule has 4 rings (SSSR count). The Labute approximate surface area is 151 Å². The van der Waals surface area contributed by atoms with Gasteiger partial charge >= 0.3 is 0 Å². The van der Waals surface area contributed by atoms with Crippen LogP contribution in [0.25, 0.3) is 16.9 Å². The van der Waals surface area contributed by atoms with Gasteiger partial charge in [-0.3, -0.25) is 0 Å². The number of rotatable bonds is 4. The Bertz CT molecular complexity index is 1040. The molecular weight excluding hydrogens is 325 g/mol. The predicted octanol–water partition coefficient (Wildman–Crippen LogP) is 5.43. The Kier molecular flexibility index (Phi) is 4.39. The van der Waals surface area contributed by atoms with Crippen LogP contribution in [0.15, 0.2) is 96.0 Å². The van der Waals surface area contributed by atoms with E-state index in [1.807, 2.05) is 72.8 Å². The van der Waals surface area contributed by atoms with Gasteiger partial charge in [0.2, 0.25) is 0 Å². The van der Waals surface area contributed by atoms with E-state index in [1.165, 1.54) is 12.1 Å². The Hall–Kier alpha value is -3.53. The monoisotopic (exact) mass is 341 g/mol. The first kappa shape index (κ1) is 16.0. The SMILES string of the molecule is Fc1cccc(C=Nc2cc(-c3ccccc3)nn2-c2ccccc2)c1. The van der Waals surface area contributed by atoms with Crippen molar-refractivity contribution in [1.29, 1.82) is 0 Å². The van der Waals surface area contributed by atoms with E-state index >= 15 is 0 Å². The van der Waals surface area contributed by atoms with Gasteiger partial charge in [-0.25, -0.2) is 14.1 Å². The summed E-state index contributed by atoms with van der Waals surface area (Å²) in [5, 5.41) is 4.71. The first-order chi connectivity index (χ1) is 12.8. The second-order valence-corrected chi connectivity index (χ2v) is 5.81. The maximum atomic E-state index is 13.4. The lowest BCUT2D eigenvalue weighted by atomic mass is 10.2. The van der Waals surface area contributed by atoms with Gasteiger partial charge in [-0.05, 0) is 29.8 Å². The molecule has 4 heteroatoms. The quantitative estimate of drug-likeness (QED) is 0.455. The first-order valence-corrected chi connectivity index (χ1v) is 8.30. The van der Waals surface area contributed by atoms with Gasteiger partial charge in [-0.1, -0.05) is 60.7 Å². The van der Waals surface area contributed by atoms with Crippen LogP contribution in [-0.2, 0) is 0 Å². The van der Waals surface area contributed by atoms with Crippen LogP contribution in [0.3, 0.4) is 0 Å². The number of halogens is 1. The van der Waals surface area contributed by atoms with Gasteiger partial charge in [0.05, 0.1) is 11.4 Å². The van der Waals surface area contributed by atoms with Gasteiger partial charge in [0.1, 0.15) is 5.82 Å². The minimum absolute atomic E-state index is 0.282. The van der Waals surface area contributed by atoms with Crippen LogP contribution in [-0.4, -0.2) is 16.0 Å². The summed E-state index contributed by atoms with van der Waals surface area (Å²) in [6.45, 7) is 0. The molecule has 0 radical (unpaired) electrons. The van der Waals surface area contributed by atoms with Crippen LogP contribution in [0.1, 0.15) is 5.56 Å². The highest BCUT2D eigenvalue weighted by Gasteiger charge is 2.10. The molecule has 4 aromatic rings. The zero-order valence-corrected chi connectivity index (χ0v) is 14.0. The summed E-state index contributed by atoms with van der Waals surface area (Å²) in [6, 6.07) is 28.1. The molecule has 0 fully saturated rings. The summed E-state index contributed by atoms with van der Waals surface area (Å²) in [5.74, 6) is 0.398. The van der Waals surface area contributed by atoms with Crippen molar-refractivity contribution in [3.8, 4) is 16.9 Å². The molecule has 3 aromatic carbocycles. The Balaban J connectivity index is 1.78. The minimum Gasteiger partial charge on any atom is -0.236 e. The number of aromatic nitrogens is 2. The molecule has 0 atom stereocenters. The van der Waals surface area contributed by atoms with Crippen LogP contribution in [0.5, 0.6) is 0 Å². The van der Waals surface area contributed by atoms with Crippen LogP contribution in [0.4, 0.5) is 10.2 Å². The summed E-state index contributed by atoms with van der Waals surface area (Å²) < 4.78 is 15.2. The van der Waals surface area contributed by atoms with Crippen molar-refractivity contribution < 1.29 is 4.39 Å². The third kappa shape index (κ3) is 3.44. The first-order valence-electron chi connectivity index (χ1n) is 8.30. The van der Waals surface area contributed by atoms with E-state index in [2.05, 4.69) is 4.99 Å². The summed E-state index contributed by atoms with van der Waals surface area (Å²) in [6.07, 6.45) is 1.65. The number of hydrogen-bond acceptors (Lipinski definition) is 2. The molecule has 0 spiro atoms. The Morgan fingerprint density at radius 3 is 2.27 bits per heavy atom. The second kappa shape index (κ2) is 7.15. The topological polar surface area (TPSA) is 30.2 Å². The molecule has 0 amide bonds. The second-order valence-electron chi connectivity index (χ2n) is 5.81. The number of hydrogen-bond donors (Lipinski definition) is 0. The lowest BCUT2D eigenvalue weighted by Crippen LogP contribution is -1.96. The van der Waals surface area contributed by atoms with Crippen molar-refractivity contribution in [2.75, 3.05) is 0 Å². The van der Waals surface area contributed by atoms with Crippen molar-refractivity contribution in [1.82, 2.24) is 9.78 Å². The predicted molar refractivity (Wildman–Crippen MR) is 103 cm³/mol. The van der Waals surface area contributed by atoms with Crippen LogP contribution in [0.2, 0.25) is 0 Å². The van der Waals surface area contributed by atoms with E-state index in [-0.39, 0.29) is 5.82 Å². The zero-order valence-electron chi connectivity index (χ0n) is 14.0. The largest absolute Gasteiger partial charge is 0.236 e. The summed E-state index contributed by atoms with van der Waals surface area (Å²) >= 11 is 0. The summed E-state index contributed by atoms with van der Waals surface area (Å²) in [7, 11) is 0. The number of para-hydroxylation sites is 1. The van der Waals surface area contributed by atoms with Crippen LogP contribution in [0, 0.1) is 5.82 Å². The molecule has 0 aliphatic heterocycles. The molecule has 0 unspecified atom stereocenters. The minimum atomic E-state index is -0.282. The van der Waals surface area contributed by atoms with Crippen molar-refractivity contribution >= 4 is 12.0 Å².